The van der Waals surface area contributed by atoms with Gasteiger partial charge in [-0.2, -0.15) is 0 Å². The molecule has 22 heavy (non-hydrogen) atoms. The SMILES string of the molecule is COc1cc(Br)c(CN2CCCC(C(C)N)C2)cc1OC.Cl. The van der Waals surface area contributed by atoms with Gasteiger partial charge in [-0.15, -0.1) is 12.4 Å². The minimum atomic E-state index is 0. The van der Waals surface area contributed by atoms with E-state index in [-0.39, 0.29) is 18.4 Å². The van der Waals surface area contributed by atoms with Crippen LogP contribution in [0.3, 0.4) is 0 Å². The molecule has 0 spiro atoms. The molecule has 1 fully saturated rings. The van der Waals surface area contributed by atoms with Gasteiger partial charge in [-0.3, -0.25) is 4.90 Å². The highest BCUT2D eigenvalue weighted by Gasteiger charge is 2.23. The van der Waals surface area contributed by atoms with Crippen molar-refractivity contribution in [3.63, 3.8) is 0 Å². The third kappa shape index (κ3) is 4.75. The quantitative estimate of drug-likeness (QED) is 0.832. The molecule has 0 bridgehead atoms. The molecule has 126 valence electrons. The molecule has 0 saturated carbocycles. The Morgan fingerprint density at radius 1 is 1.32 bits per heavy atom. The van der Waals surface area contributed by atoms with E-state index < -0.39 is 0 Å². The lowest BCUT2D eigenvalue weighted by Gasteiger charge is -2.34. The molecule has 0 aliphatic carbocycles. The molecule has 1 aromatic carbocycles. The molecule has 1 aromatic rings. The van der Waals surface area contributed by atoms with E-state index in [1.165, 1.54) is 18.4 Å². The fourth-order valence-corrected chi connectivity index (χ4v) is 3.37. The Morgan fingerprint density at radius 2 is 1.95 bits per heavy atom. The summed E-state index contributed by atoms with van der Waals surface area (Å²) in [6, 6.07) is 4.29. The van der Waals surface area contributed by atoms with Crippen LogP contribution in [0.1, 0.15) is 25.3 Å². The number of nitrogens with zero attached hydrogens (tertiary/aromatic N) is 1. The predicted molar refractivity (Wildman–Crippen MR) is 96.1 cm³/mol. The zero-order valence-corrected chi connectivity index (χ0v) is 15.9. The van der Waals surface area contributed by atoms with Crippen LogP contribution in [-0.2, 0) is 6.54 Å². The summed E-state index contributed by atoms with van der Waals surface area (Å²) in [6.07, 6.45) is 2.46. The van der Waals surface area contributed by atoms with Crippen molar-refractivity contribution in [3.05, 3.63) is 22.2 Å². The third-order valence-corrected chi connectivity index (χ3v) is 4.97. The molecule has 6 heteroatoms. The zero-order valence-electron chi connectivity index (χ0n) is 13.5. The number of likely N-dealkylation sites (tertiary alicyclic amines) is 1. The van der Waals surface area contributed by atoms with Gasteiger partial charge in [-0.1, -0.05) is 15.9 Å². The average Bonchev–Trinajstić information content (AvgIpc) is 2.49. The van der Waals surface area contributed by atoms with E-state index >= 15 is 0 Å². The smallest absolute Gasteiger partial charge is 0.161 e. The van der Waals surface area contributed by atoms with Gasteiger partial charge in [0.05, 0.1) is 14.2 Å². The maximum absolute atomic E-state index is 6.06. The number of hydrogen-bond acceptors (Lipinski definition) is 4. The van der Waals surface area contributed by atoms with Gasteiger partial charge in [0.25, 0.3) is 0 Å². The lowest BCUT2D eigenvalue weighted by atomic mass is 9.92. The molecule has 1 aliphatic heterocycles. The highest BCUT2D eigenvalue weighted by molar-refractivity contribution is 9.10. The summed E-state index contributed by atoms with van der Waals surface area (Å²) in [6.45, 7) is 5.22. The molecule has 0 radical (unpaired) electrons. The Hall–Kier alpha value is -0.490. The van der Waals surface area contributed by atoms with Crippen molar-refractivity contribution in [2.24, 2.45) is 11.7 Å². The number of nitrogens with two attached hydrogens (primary N) is 1. The summed E-state index contributed by atoms with van der Waals surface area (Å²) in [5, 5.41) is 0. The molecule has 2 rings (SSSR count). The normalized spacial score (nSPS) is 20.1. The van der Waals surface area contributed by atoms with Gasteiger partial charge in [-0.05, 0) is 49.9 Å². The highest BCUT2D eigenvalue weighted by atomic mass is 79.9. The van der Waals surface area contributed by atoms with Gasteiger partial charge in [-0.25, -0.2) is 0 Å². The first-order chi connectivity index (χ1) is 10.0. The fourth-order valence-electron chi connectivity index (χ4n) is 2.92. The Kier molecular flexibility index (Phi) is 7.97. The second kappa shape index (κ2) is 8.96. The Balaban J connectivity index is 0.00000242. The van der Waals surface area contributed by atoms with Crippen molar-refractivity contribution >= 4 is 28.3 Å². The molecule has 0 aromatic heterocycles. The number of methoxy groups -OCH3 is 2. The molecular formula is C16H26BrClN2O2. The zero-order chi connectivity index (χ0) is 15.4. The van der Waals surface area contributed by atoms with Crippen molar-refractivity contribution in [2.45, 2.75) is 32.4 Å². The molecule has 4 nitrogen and oxygen atoms in total. The van der Waals surface area contributed by atoms with Crippen LogP contribution < -0.4 is 15.2 Å². The second-order valence-electron chi connectivity index (χ2n) is 5.80. The topological polar surface area (TPSA) is 47.7 Å². The summed E-state index contributed by atoms with van der Waals surface area (Å²) in [5.74, 6) is 2.12. The third-order valence-electron chi connectivity index (χ3n) is 4.23. The summed E-state index contributed by atoms with van der Waals surface area (Å²) in [7, 11) is 3.32. The minimum Gasteiger partial charge on any atom is -0.493 e. The molecule has 2 atom stereocenters. The Morgan fingerprint density at radius 3 is 2.55 bits per heavy atom. The fraction of sp³-hybridized carbons (Fsp3) is 0.625. The first kappa shape index (κ1) is 19.6. The molecular weight excluding hydrogens is 368 g/mol. The van der Waals surface area contributed by atoms with Crippen LogP contribution in [-0.4, -0.2) is 38.3 Å². The van der Waals surface area contributed by atoms with E-state index in [0.29, 0.717) is 5.92 Å². The van der Waals surface area contributed by atoms with E-state index in [1.807, 2.05) is 6.07 Å². The minimum absolute atomic E-state index is 0. The monoisotopic (exact) mass is 392 g/mol. The number of ether oxygens (including phenoxy) is 2. The molecule has 1 aliphatic rings. The summed E-state index contributed by atoms with van der Waals surface area (Å²) in [4.78, 5) is 2.48. The molecule has 0 amide bonds. The van der Waals surface area contributed by atoms with E-state index in [9.17, 15) is 0 Å². The molecule has 1 heterocycles. The van der Waals surface area contributed by atoms with E-state index in [2.05, 4.69) is 33.8 Å². The predicted octanol–water partition coefficient (Wildman–Crippen LogP) is 3.45. The van der Waals surface area contributed by atoms with Gasteiger partial charge in [0, 0.05) is 23.6 Å². The van der Waals surface area contributed by atoms with Crippen LogP contribution in [0.25, 0.3) is 0 Å². The molecule has 2 N–H and O–H groups in total. The number of halogens is 2. The van der Waals surface area contributed by atoms with Crippen molar-refractivity contribution in [1.29, 1.82) is 0 Å². The average molecular weight is 394 g/mol. The van der Waals surface area contributed by atoms with Gasteiger partial charge in [0.2, 0.25) is 0 Å². The van der Waals surface area contributed by atoms with Crippen molar-refractivity contribution in [2.75, 3.05) is 27.3 Å². The maximum Gasteiger partial charge on any atom is 0.161 e. The lowest BCUT2D eigenvalue weighted by molar-refractivity contribution is 0.154. The summed E-state index contributed by atoms with van der Waals surface area (Å²) in [5.41, 5.74) is 7.28. The Labute approximate surface area is 147 Å². The van der Waals surface area contributed by atoms with E-state index in [4.69, 9.17) is 15.2 Å². The largest absolute Gasteiger partial charge is 0.493 e. The van der Waals surface area contributed by atoms with Crippen LogP contribution in [0, 0.1) is 5.92 Å². The maximum atomic E-state index is 6.06. The number of piperidine rings is 1. The van der Waals surface area contributed by atoms with Crippen molar-refractivity contribution < 1.29 is 9.47 Å². The van der Waals surface area contributed by atoms with E-state index in [1.54, 1.807) is 14.2 Å². The second-order valence-corrected chi connectivity index (χ2v) is 6.65. The molecule has 2 unspecified atom stereocenters. The van der Waals surface area contributed by atoms with Crippen LogP contribution in [0.4, 0.5) is 0 Å². The van der Waals surface area contributed by atoms with Crippen LogP contribution in [0.15, 0.2) is 16.6 Å². The number of benzene rings is 1. The lowest BCUT2D eigenvalue weighted by Crippen LogP contribution is -2.41. The van der Waals surface area contributed by atoms with Crippen LogP contribution >= 0.6 is 28.3 Å². The van der Waals surface area contributed by atoms with Gasteiger partial charge >= 0.3 is 0 Å². The van der Waals surface area contributed by atoms with Crippen LogP contribution in [0.5, 0.6) is 11.5 Å². The Bertz CT molecular complexity index is 485. The molecule has 1 saturated heterocycles. The highest BCUT2D eigenvalue weighted by Crippen LogP contribution is 2.34. The van der Waals surface area contributed by atoms with E-state index in [0.717, 1.165) is 35.6 Å². The van der Waals surface area contributed by atoms with Crippen molar-refractivity contribution in [1.82, 2.24) is 4.90 Å². The number of rotatable bonds is 5. The standard InChI is InChI=1S/C16H25BrN2O2.ClH/c1-11(18)12-5-4-6-19(9-12)10-13-7-15(20-2)16(21-3)8-14(13)17;/h7-8,11-12H,4-6,9-10,18H2,1-3H3;1H. The van der Waals surface area contributed by atoms with Crippen LogP contribution in [0.2, 0.25) is 0 Å². The summed E-state index contributed by atoms with van der Waals surface area (Å²) < 4.78 is 11.8. The van der Waals surface area contributed by atoms with Gasteiger partial charge < -0.3 is 15.2 Å². The number of hydrogen-bond donors (Lipinski definition) is 1. The van der Waals surface area contributed by atoms with Gasteiger partial charge in [0.1, 0.15) is 0 Å². The first-order valence-electron chi connectivity index (χ1n) is 7.43. The first-order valence-corrected chi connectivity index (χ1v) is 8.22. The van der Waals surface area contributed by atoms with Crippen molar-refractivity contribution in [3.8, 4) is 11.5 Å². The summed E-state index contributed by atoms with van der Waals surface area (Å²) >= 11 is 3.64. The van der Waals surface area contributed by atoms with Gasteiger partial charge in [0.15, 0.2) is 11.5 Å².